The van der Waals surface area contributed by atoms with Gasteiger partial charge in [0.2, 0.25) is 18.2 Å². The lowest BCUT2D eigenvalue weighted by Crippen LogP contribution is -2.59. The predicted molar refractivity (Wildman–Crippen MR) is 160 cm³/mol. The molecule has 12 heteroatoms. The first-order chi connectivity index (χ1) is 20.7. The molecule has 3 saturated carbocycles. The Morgan fingerprint density at radius 1 is 0.605 bits per heavy atom. The van der Waals surface area contributed by atoms with Gasteiger partial charge in [-0.15, -0.1) is 0 Å². The molecule has 0 radical (unpaired) electrons. The summed E-state index contributed by atoms with van der Waals surface area (Å²) in [7, 11) is 0. The van der Waals surface area contributed by atoms with Gasteiger partial charge < -0.3 is 0 Å². The number of nitrogens with zero attached hydrogens (tertiary/aromatic N) is 6. The summed E-state index contributed by atoms with van der Waals surface area (Å²) in [4.78, 5) is 87.7. The largest absolute Gasteiger partial charge is 0.336 e. The van der Waals surface area contributed by atoms with E-state index in [4.69, 9.17) is 0 Å². The highest BCUT2D eigenvalue weighted by atomic mass is 16.2. The average molecular weight is 597 g/mol. The molecule has 0 spiro atoms. The van der Waals surface area contributed by atoms with Crippen LogP contribution in [0.2, 0.25) is 0 Å². The summed E-state index contributed by atoms with van der Waals surface area (Å²) < 4.78 is 3.80. The third-order valence-corrected chi connectivity index (χ3v) is 10.5. The van der Waals surface area contributed by atoms with Crippen molar-refractivity contribution in [1.29, 1.82) is 0 Å². The lowest BCUT2D eigenvalue weighted by atomic mass is 9.80. The van der Waals surface area contributed by atoms with E-state index < -0.39 is 35.2 Å². The van der Waals surface area contributed by atoms with Crippen LogP contribution in [0.4, 0.5) is 0 Å². The van der Waals surface area contributed by atoms with E-state index in [0.717, 1.165) is 57.8 Å². The number of aromatic nitrogens is 3. The zero-order valence-corrected chi connectivity index (χ0v) is 25.5. The fraction of sp³-hybridized carbons (Fsp3) is 0.806. The van der Waals surface area contributed by atoms with E-state index in [-0.39, 0.29) is 35.9 Å². The van der Waals surface area contributed by atoms with E-state index in [2.05, 4.69) is 15.0 Å². The normalized spacial score (nSPS) is 29.7. The van der Waals surface area contributed by atoms with Gasteiger partial charge in [-0.3, -0.25) is 0 Å². The molecule has 234 valence electrons. The molecule has 1 heterocycles. The Bertz CT molecular complexity index is 1380. The Labute approximate surface area is 251 Å². The second kappa shape index (κ2) is 14.8. The molecule has 0 aromatic carbocycles. The third kappa shape index (κ3) is 7.04. The molecule has 3 fully saturated rings. The lowest BCUT2D eigenvalue weighted by molar-refractivity contribution is 0.176. The molecular formula is C31H44N6O6. The minimum Gasteiger partial charge on any atom is -0.247 e. The molecule has 0 aliphatic heterocycles. The van der Waals surface area contributed by atoms with Gasteiger partial charge in [-0.25, -0.2) is 57.4 Å². The van der Waals surface area contributed by atoms with Gasteiger partial charge >= 0.3 is 17.1 Å². The van der Waals surface area contributed by atoms with E-state index in [0.29, 0.717) is 25.7 Å². The second-order valence-corrected chi connectivity index (χ2v) is 12.8. The summed E-state index contributed by atoms with van der Waals surface area (Å²) >= 11 is 0. The summed E-state index contributed by atoms with van der Waals surface area (Å²) in [6.45, 7) is 5.62. The van der Waals surface area contributed by atoms with Crippen LogP contribution in [0.15, 0.2) is 29.4 Å². The number of aliphatic imine (C=N–C) groups is 3. The van der Waals surface area contributed by atoms with Gasteiger partial charge in [-0.05, 0) is 95.8 Å². The zero-order chi connectivity index (χ0) is 31.1. The van der Waals surface area contributed by atoms with Crippen molar-refractivity contribution in [2.45, 2.75) is 140 Å². The van der Waals surface area contributed by atoms with E-state index in [1.54, 1.807) is 18.2 Å². The van der Waals surface area contributed by atoms with Crippen LogP contribution in [0.1, 0.15) is 122 Å². The van der Waals surface area contributed by atoms with Crippen molar-refractivity contribution in [2.75, 3.05) is 0 Å². The molecule has 12 nitrogen and oxygen atoms in total. The van der Waals surface area contributed by atoms with Gasteiger partial charge in [0, 0.05) is 18.1 Å². The molecule has 3 aliphatic carbocycles. The van der Waals surface area contributed by atoms with E-state index >= 15 is 0 Å². The Hall–Kier alpha value is -3.45. The molecule has 0 bridgehead atoms. The maximum atomic E-state index is 14.3. The summed E-state index contributed by atoms with van der Waals surface area (Å²) in [6, 6.07) is -2.14. The molecule has 1 aromatic heterocycles. The number of hydrogen-bond acceptors (Lipinski definition) is 9. The van der Waals surface area contributed by atoms with Crippen molar-refractivity contribution in [1.82, 2.24) is 13.7 Å². The highest BCUT2D eigenvalue weighted by molar-refractivity contribution is 5.34. The van der Waals surface area contributed by atoms with Crippen LogP contribution in [0, 0.1) is 17.8 Å². The van der Waals surface area contributed by atoms with Gasteiger partial charge in [0.05, 0.1) is 18.1 Å². The second-order valence-electron chi connectivity index (χ2n) is 12.8. The summed E-state index contributed by atoms with van der Waals surface area (Å²) in [5.74, 6) is -0.241. The summed E-state index contributed by atoms with van der Waals surface area (Å²) in [5, 5.41) is 0. The highest BCUT2D eigenvalue weighted by Gasteiger charge is 2.37. The van der Waals surface area contributed by atoms with Gasteiger partial charge in [0.1, 0.15) is 0 Å². The first kappa shape index (κ1) is 32.5. The van der Waals surface area contributed by atoms with E-state index in [1.165, 1.54) is 13.7 Å². The molecule has 4 rings (SSSR count). The number of carbonyl (C=O) groups excluding carboxylic acids is 3. The molecule has 9 unspecified atom stereocenters. The van der Waals surface area contributed by atoms with Gasteiger partial charge in [0.25, 0.3) is 0 Å². The summed E-state index contributed by atoms with van der Waals surface area (Å²) in [6.07, 6.45) is 14.1. The fourth-order valence-corrected chi connectivity index (χ4v) is 8.13. The fourth-order valence-electron chi connectivity index (χ4n) is 8.13. The van der Waals surface area contributed by atoms with Crippen LogP contribution in [0.5, 0.6) is 0 Å². The SMILES string of the molecule is CCC(C1CCCC(N=C=O)C1)n1c(=O)n(C(C)C2CCCC(N=C=O)C2)c(=O)n(C(C)C2CCCC(N=C=O)C2)c1=O. The third-order valence-electron chi connectivity index (χ3n) is 10.5. The number of hydrogen-bond donors (Lipinski definition) is 0. The van der Waals surface area contributed by atoms with Crippen molar-refractivity contribution in [3.63, 3.8) is 0 Å². The quantitative estimate of drug-likeness (QED) is 0.294. The van der Waals surface area contributed by atoms with Gasteiger partial charge in [-0.2, -0.15) is 0 Å². The van der Waals surface area contributed by atoms with Crippen molar-refractivity contribution in [3.8, 4) is 0 Å². The van der Waals surface area contributed by atoms with Crippen molar-refractivity contribution in [3.05, 3.63) is 31.5 Å². The molecule has 0 N–H and O–H groups in total. The van der Waals surface area contributed by atoms with Gasteiger partial charge in [0.15, 0.2) is 0 Å². The maximum Gasteiger partial charge on any atom is 0.336 e. The topological polar surface area (TPSA) is 154 Å². The van der Waals surface area contributed by atoms with Crippen molar-refractivity contribution in [2.24, 2.45) is 32.7 Å². The Kier molecular flexibility index (Phi) is 11.2. The first-order valence-corrected chi connectivity index (χ1v) is 16.0. The zero-order valence-electron chi connectivity index (χ0n) is 25.5. The van der Waals surface area contributed by atoms with Crippen molar-refractivity contribution >= 4 is 18.2 Å². The number of isocyanates is 3. The highest BCUT2D eigenvalue weighted by Crippen LogP contribution is 2.37. The lowest BCUT2D eigenvalue weighted by Gasteiger charge is -2.36. The van der Waals surface area contributed by atoms with Crippen LogP contribution >= 0.6 is 0 Å². The van der Waals surface area contributed by atoms with Crippen LogP contribution < -0.4 is 17.1 Å². The Morgan fingerprint density at radius 3 is 1.33 bits per heavy atom. The van der Waals surface area contributed by atoms with E-state index in [1.807, 2.05) is 20.8 Å². The first-order valence-electron chi connectivity index (χ1n) is 16.0. The molecule has 0 amide bonds. The van der Waals surface area contributed by atoms with Gasteiger partial charge in [-0.1, -0.05) is 26.2 Å². The number of rotatable bonds is 10. The smallest absolute Gasteiger partial charge is 0.247 e. The minimum absolute atomic E-state index is 0.0711. The Morgan fingerprint density at radius 2 is 0.953 bits per heavy atom. The van der Waals surface area contributed by atoms with Crippen molar-refractivity contribution < 1.29 is 14.4 Å². The van der Waals surface area contributed by atoms with Crippen LogP contribution in [0.3, 0.4) is 0 Å². The molecule has 0 saturated heterocycles. The predicted octanol–water partition coefficient (Wildman–Crippen LogP) is 3.93. The van der Waals surface area contributed by atoms with Crippen LogP contribution in [-0.2, 0) is 14.4 Å². The molecule has 3 aliphatic rings. The van der Waals surface area contributed by atoms with E-state index in [9.17, 15) is 28.8 Å². The van der Waals surface area contributed by atoms with Crippen LogP contribution in [-0.4, -0.2) is 50.1 Å². The maximum absolute atomic E-state index is 14.3. The van der Waals surface area contributed by atoms with Crippen LogP contribution in [0.25, 0.3) is 0 Å². The monoisotopic (exact) mass is 596 g/mol. The standard InChI is InChI=1S/C31H44N6O6/c1-4-28(24-10-7-13-27(16-24)34-19-40)37-30(42)35(20(2)22-8-5-11-25(14-22)32-17-38)29(41)36(31(37)43)21(3)23-9-6-12-26(15-23)33-18-39/h20-28H,4-16H2,1-3H3. The minimum atomic E-state index is -0.629. The molecule has 43 heavy (non-hydrogen) atoms. The average Bonchev–Trinajstić information content (AvgIpc) is 3.00. The Balaban J connectivity index is 1.85. The molecular weight excluding hydrogens is 552 g/mol. The molecule has 1 aromatic rings. The summed E-state index contributed by atoms with van der Waals surface area (Å²) in [5.41, 5.74) is -1.87. The molecule has 9 atom stereocenters.